The molecule has 1 amide bonds. The maximum atomic E-state index is 12.3. The van der Waals surface area contributed by atoms with Gasteiger partial charge in [0.25, 0.3) is 5.91 Å². The quantitative estimate of drug-likeness (QED) is 0.878. The van der Waals surface area contributed by atoms with Crippen LogP contribution in [0.5, 0.6) is 0 Å². The molecule has 2 aromatic rings. The molecule has 2 aromatic heterocycles. The molecule has 0 saturated heterocycles. The van der Waals surface area contributed by atoms with E-state index in [2.05, 4.69) is 23.5 Å². The third kappa shape index (κ3) is 2.93. The van der Waals surface area contributed by atoms with Crippen molar-refractivity contribution in [3.8, 4) is 0 Å². The summed E-state index contributed by atoms with van der Waals surface area (Å²) in [5.74, 6) is 1.18. The summed E-state index contributed by atoms with van der Waals surface area (Å²) in [7, 11) is 0. The fraction of sp³-hybridized carbons (Fsp3) is 0.467. The summed E-state index contributed by atoms with van der Waals surface area (Å²) in [5, 5.41) is 8.98. The molecule has 5 heteroatoms. The largest absolute Gasteiger partial charge is 0.360 e. The molecule has 0 bridgehead atoms. The first-order chi connectivity index (χ1) is 9.78. The standard InChI is InChI=1S/C15H18N2O2S/c1-2-4-11(14-5-3-8-20-14)16-15(18)12-9-13(19-17-12)10-6-7-10/h3,5,8-11H,2,4,6-7H2,1H3,(H,16,18). The highest BCUT2D eigenvalue weighted by Gasteiger charge is 2.29. The van der Waals surface area contributed by atoms with E-state index in [9.17, 15) is 4.79 Å². The zero-order valence-electron chi connectivity index (χ0n) is 11.5. The van der Waals surface area contributed by atoms with Crippen molar-refractivity contribution in [2.45, 2.75) is 44.6 Å². The van der Waals surface area contributed by atoms with Crippen LogP contribution in [-0.4, -0.2) is 11.1 Å². The van der Waals surface area contributed by atoms with E-state index in [1.165, 1.54) is 4.88 Å². The number of nitrogens with one attached hydrogen (secondary N) is 1. The first-order valence-electron chi connectivity index (χ1n) is 7.08. The topological polar surface area (TPSA) is 55.1 Å². The third-order valence-corrected chi connectivity index (χ3v) is 4.50. The van der Waals surface area contributed by atoms with Crippen molar-refractivity contribution >= 4 is 17.2 Å². The second-order valence-electron chi connectivity index (χ2n) is 5.22. The minimum absolute atomic E-state index is 0.0635. The first-order valence-corrected chi connectivity index (χ1v) is 7.96. The van der Waals surface area contributed by atoms with E-state index in [1.807, 2.05) is 11.4 Å². The molecule has 1 atom stereocenters. The van der Waals surface area contributed by atoms with Crippen LogP contribution in [0.2, 0.25) is 0 Å². The lowest BCUT2D eigenvalue weighted by atomic mass is 10.1. The molecular weight excluding hydrogens is 272 g/mol. The Balaban J connectivity index is 1.68. The number of hydrogen-bond donors (Lipinski definition) is 1. The molecule has 1 unspecified atom stereocenters. The molecule has 0 spiro atoms. The number of thiophene rings is 1. The number of rotatable bonds is 6. The normalized spacial score (nSPS) is 16.1. The average molecular weight is 290 g/mol. The molecule has 1 fully saturated rings. The summed E-state index contributed by atoms with van der Waals surface area (Å²) in [6, 6.07) is 5.91. The molecule has 106 valence electrons. The molecule has 4 nitrogen and oxygen atoms in total. The van der Waals surface area contributed by atoms with Crippen LogP contribution in [0.15, 0.2) is 28.1 Å². The van der Waals surface area contributed by atoms with Gasteiger partial charge in [0.1, 0.15) is 5.76 Å². The van der Waals surface area contributed by atoms with Gasteiger partial charge >= 0.3 is 0 Å². The van der Waals surface area contributed by atoms with Crippen LogP contribution in [0.3, 0.4) is 0 Å². The van der Waals surface area contributed by atoms with Gasteiger partial charge in [-0.3, -0.25) is 4.79 Å². The summed E-state index contributed by atoms with van der Waals surface area (Å²) in [4.78, 5) is 13.4. The minimum atomic E-state index is -0.146. The second kappa shape index (κ2) is 5.79. The second-order valence-corrected chi connectivity index (χ2v) is 6.20. The molecule has 3 rings (SSSR count). The van der Waals surface area contributed by atoms with Crippen molar-refractivity contribution in [2.75, 3.05) is 0 Å². The number of aromatic nitrogens is 1. The van der Waals surface area contributed by atoms with Gasteiger partial charge in [-0.1, -0.05) is 24.6 Å². The molecule has 1 aliphatic rings. The van der Waals surface area contributed by atoms with Gasteiger partial charge in [-0.05, 0) is 30.7 Å². The van der Waals surface area contributed by atoms with E-state index in [0.717, 1.165) is 31.4 Å². The van der Waals surface area contributed by atoms with Crippen LogP contribution in [0.4, 0.5) is 0 Å². The lowest BCUT2D eigenvalue weighted by Gasteiger charge is -2.15. The van der Waals surface area contributed by atoms with Crippen LogP contribution in [0.25, 0.3) is 0 Å². The molecule has 1 N–H and O–H groups in total. The van der Waals surface area contributed by atoms with Crippen LogP contribution in [0.1, 0.15) is 65.7 Å². The van der Waals surface area contributed by atoms with Gasteiger partial charge in [0, 0.05) is 16.9 Å². The van der Waals surface area contributed by atoms with Gasteiger partial charge in [0.15, 0.2) is 5.69 Å². The van der Waals surface area contributed by atoms with Crippen molar-refractivity contribution in [1.29, 1.82) is 0 Å². The summed E-state index contributed by atoms with van der Waals surface area (Å²) >= 11 is 1.67. The van der Waals surface area contributed by atoms with E-state index < -0.39 is 0 Å². The maximum Gasteiger partial charge on any atom is 0.273 e. The number of nitrogens with zero attached hydrogens (tertiary/aromatic N) is 1. The van der Waals surface area contributed by atoms with Crippen LogP contribution >= 0.6 is 11.3 Å². The Kier molecular flexibility index (Phi) is 3.87. The molecule has 1 saturated carbocycles. The summed E-state index contributed by atoms with van der Waals surface area (Å²) in [5.41, 5.74) is 0.393. The zero-order valence-corrected chi connectivity index (χ0v) is 12.3. The van der Waals surface area contributed by atoms with Gasteiger partial charge in [0.2, 0.25) is 0 Å². The Hall–Kier alpha value is -1.62. The highest BCUT2D eigenvalue weighted by atomic mass is 32.1. The molecule has 0 aromatic carbocycles. The number of amides is 1. The highest BCUT2D eigenvalue weighted by molar-refractivity contribution is 7.10. The Morgan fingerprint density at radius 1 is 1.60 bits per heavy atom. The van der Waals surface area contributed by atoms with E-state index >= 15 is 0 Å². The molecule has 1 aliphatic carbocycles. The Bertz CT molecular complexity index is 572. The Labute approximate surface area is 122 Å². The van der Waals surface area contributed by atoms with Crippen LogP contribution in [0, 0.1) is 0 Å². The van der Waals surface area contributed by atoms with Gasteiger partial charge in [-0.25, -0.2) is 0 Å². The first kappa shape index (κ1) is 13.4. The van der Waals surface area contributed by atoms with Crippen molar-refractivity contribution < 1.29 is 9.32 Å². The third-order valence-electron chi connectivity index (χ3n) is 3.51. The van der Waals surface area contributed by atoms with E-state index in [4.69, 9.17) is 4.52 Å². The van der Waals surface area contributed by atoms with Gasteiger partial charge in [0.05, 0.1) is 6.04 Å². The summed E-state index contributed by atoms with van der Waals surface area (Å²) in [6.07, 6.45) is 4.24. The van der Waals surface area contributed by atoms with Gasteiger partial charge in [-0.2, -0.15) is 0 Å². The van der Waals surface area contributed by atoms with Crippen LogP contribution in [-0.2, 0) is 0 Å². The fourth-order valence-electron chi connectivity index (χ4n) is 2.25. The molecular formula is C15H18N2O2S. The predicted molar refractivity (Wildman–Crippen MR) is 77.9 cm³/mol. The van der Waals surface area contributed by atoms with Gasteiger partial charge in [-0.15, -0.1) is 11.3 Å². The Morgan fingerprint density at radius 3 is 3.10 bits per heavy atom. The van der Waals surface area contributed by atoms with Crippen LogP contribution < -0.4 is 5.32 Å². The van der Waals surface area contributed by atoms with E-state index in [0.29, 0.717) is 11.6 Å². The molecule has 2 heterocycles. The lowest BCUT2D eigenvalue weighted by molar-refractivity contribution is 0.0926. The molecule has 20 heavy (non-hydrogen) atoms. The number of carbonyl (C=O) groups excluding carboxylic acids is 1. The van der Waals surface area contributed by atoms with Gasteiger partial charge < -0.3 is 9.84 Å². The summed E-state index contributed by atoms with van der Waals surface area (Å²) < 4.78 is 5.23. The monoisotopic (exact) mass is 290 g/mol. The van der Waals surface area contributed by atoms with Crippen molar-refractivity contribution in [3.05, 3.63) is 39.9 Å². The van der Waals surface area contributed by atoms with Crippen molar-refractivity contribution in [2.24, 2.45) is 0 Å². The highest BCUT2D eigenvalue weighted by Crippen LogP contribution is 2.40. The summed E-state index contributed by atoms with van der Waals surface area (Å²) in [6.45, 7) is 2.12. The minimum Gasteiger partial charge on any atom is -0.360 e. The fourth-order valence-corrected chi connectivity index (χ4v) is 3.06. The SMILES string of the molecule is CCCC(NC(=O)c1cc(C2CC2)on1)c1cccs1. The number of carbonyl (C=O) groups is 1. The van der Waals surface area contributed by atoms with Crippen molar-refractivity contribution in [1.82, 2.24) is 10.5 Å². The predicted octanol–water partition coefficient (Wildman–Crippen LogP) is 3.88. The van der Waals surface area contributed by atoms with E-state index in [1.54, 1.807) is 17.4 Å². The molecule has 0 aliphatic heterocycles. The maximum absolute atomic E-state index is 12.3. The average Bonchev–Trinajstić information content (AvgIpc) is 2.96. The van der Waals surface area contributed by atoms with Crippen molar-refractivity contribution in [3.63, 3.8) is 0 Å². The Morgan fingerprint density at radius 2 is 2.45 bits per heavy atom. The lowest BCUT2D eigenvalue weighted by Crippen LogP contribution is -2.28. The molecule has 0 radical (unpaired) electrons. The van der Waals surface area contributed by atoms with E-state index in [-0.39, 0.29) is 11.9 Å². The zero-order chi connectivity index (χ0) is 13.9. The number of hydrogen-bond acceptors (Lipinski definition) is 4. The smallest absolute Gasteiger partial charge is 0.273 e.